The van der Waals surface area contributed by atoms with E-state index in [9.17, 15) is 9.59 Å². The third-order valence-electron chi connectivity index (χ3n) is 3.27. The van der Waals surface area contributed by atoms with Gasteiger partial charge in [0.05, 0.1) is 23.3 Å². The number of nitrogens with one attached hydrogen (secondary N) is 1. The number of carbonyl (C=O) groups is 2. The lowest BCUT2D eigenvalue weighted by Crippen LogP contribution is -2.36. The van der Waals surface area contributed by atoms with E-state index in [2.05, 4.69) is 5.32 Å². The van der Waals surface area contributed by atoms with Gasteiger partial charge in [-0.1, -0.05) is 6.07 Å². The molecule has 0 heterocycles. The topological polar surface area (TPSA) is 97.0 Å². The number of amides is 2. The van der Waals surface area contributed by atoms with Crippen molar-refractivity contribution in [2.45, 2.75) is 6.92 Å². The van der Waals surface area contributed by atoms with Gasteiger partial charge in [-0.15, -0.1) is 0 Å². The third kappa shape index (κ3) is 4.19. The molecule has 6 heteroatoms. The van der Waals surface area contributed by atoms with Gasteiger partial charge in [-0.05, 0) is 42.5 Å². The first kappa shape index (κ1) is 16.7. The summed E-state index contributed by atoms with van der Waals surface area (Å²) in [4.78, 5) is 25.3. The molecule has 0 atom stereocenters. The van der Waals surface area contributed by atoms with E-state index in [4.69, 9.17) is 10.5 Å². The molecule has 24 heavy (non-hydrogen) atoms. The Kier molecular flexibility index (Phi) is 5.28. The zero-order chi connectivity index (χ0) is 17.5. The number of nitrogens with zero attached hydrogens (tertiary/aromatic N) is 3. The van der Waals surface area contributed by atoms with Gasteiger partial charge in [-0.3, -0.25) is 9.59 Å². The first-order valence-electron chi connectivity index (χ1n) is 7.12. The zero-order valence-corrected chi connectivity index (χ0v) is 13.0. The molecule has 0 aliphatic carbocycles. The van der Waals surface area contributed by atoms with Crippen molar-refractivity contribution in [1.29, 1.82) is 10.5 Å². The van der Waals surface area contributed by atoms with Crippen molar-refractivity contribution < 1.29 is 9.59 Å². The summed E-state index contributed by atoms with van der Waals surface area (Å²) in [6, 6.07) is 16.9. The quantitative estimate of drug-likeness (QED) is 0.936. The average molecular weight is 318 g/mol. The number of nitriles is 2. The van der Waals surface area contributed by atoms with E-state index in [1.807, 2.05) is 12.1 Å². The fourth-order valence-corrected chi connectivity index (χ4v) is 2.11. The molecular weight excluding hydrogens is 304 g/mol. The van der Waals surface area contributed by atoms with Gasteiger partial charge in [0, 0.05) is 18.3 Å². The minimum Gasteiger partial charge on any atom is -0.324 e. The van der Waals surface area contributed by atoms with E-state index >= 15 is 0 Å². The minimum atomic E-state index is -0.385. The summed E-state index contributed by atoms with van der Waals surface area (Å²) in [5.41, 5.74) is 1.92. The normalized spacial score (nSPS) is 9.46. The van der Waals surface area contributed by atoms with Crippen LogP contribution in [0.15, 0.2) is 48.5 Å². The van der Waals surface area contributed by atoms with Crippen LogP contribution in [-0.2, 0) is 9.59 Å². The predicted octanol–water partition coefficient (Wildman–Crippen LogP) is 2.42. The highest BCUT2D eigenvalue weighted by Gasteiger charge is 2.16. The van der Waals surface area contributed by atoms with Gasteiger partial charge >= 0.3 is 0 Å². The number of anilines is 2. The van der Waals surface area contributed by atoms with Crippen LogP contribution in [0.4, 0.5) is 11.4 Å². The molecule has 0 radical (unpaired) electrons. The minimum absolute atomic E-state index is 0.169. The van der Waals surface area contributed by atoms with Crippen LogP contribution < -0.4 is 10.2 Å². The molecule has 0 unspecified atom stereocenters. The molecule has 0 fully saturated rings. The van der Waals surface area contributed by atoms with Crippen molar-refractivity contribution in [3.05, 3.63) is 59.7 Å². The van der Waals surface area contributed by atoms with Crippen molar-refractivity contribution in [2.75, 3.05) is 16.8 Å². The Morgan fingerprint density at radius 2 is 1.71 bits per heavy atom. The second-order valence-electron chi connectivity index (χ2n) is 5.00. The summed E-state index contributed by atoms with van der Waals surface area (Å²) >= 11 is 0. The van der Waals surface area contributed by atoms with Crippen molar-refractivity contribution in [1.82, 2.24) is 0 Å². The first-order chi connectivity index (χ1) is 11.5. The maximum atomic E-state index is 12.2. The number of carbonyl (C=O) groups excluding carboxylic acids is 2. The molecule has 0 saturated carbocycles. The molecule has 2 rings (SSSR count). The summed E-state index contributed by atoms with van der Waals surface area (Å²) in [5.74, 6) is -0.676. The monoisotopic (exact) mass is 318 g/mol. The summed E-state index contributed by atoms with van der Waals surface area (Å²) in [5, 5.41) is 20.3. The highest BCUT2D eigenvalue weighted by Crippen LogP contribution is 2.16. The van der Waals surface area contributed by atoms with Crippen LogP contribution in [-0.4, -0.2) is 18.4 Å². The lowest BCUT2D eigenvalue weighted by Gasteiger charge is -2.20. The molecule has 0 bridgehead atoms. The smallest absolute Gasteiger partial charge is 0.244 e. The third-order valence-corrected chi connectivity index (χ3v) is 3.27. The Morgan fingerprint density at radius 3 is 2.29 bits per heavy atom. The van der Waals surface area contributed by atoms with Gasteiger partial charge < -0.3 is 10.2 Å². The molecule has 0 aliphatic rings. The van der Waals surface area contributed by atoms with Crippen LogP contribution in [0.25, 0.3) is 0 Å². The van der Waals surface area contributed by atoms with E-state index in [1.54, 1.807) is 48.5 Å². The van der Waals surface area contributed by atoms with Crippen LogP contribution in [0, 0.1) is 22.7 Å². The van der Waals surface area contributed by atoms with Crippen molar-refractivity contribution >= 4 is 23.2 Å². The van der Waals surface area contributed by atoms with Gasteiger partial charge in [-0.25, -0.2) is 0 Å². The number of rotatable bonds is 4. The van der Waals surface area contributed by atoms with Gasteiger partial charge in [0.1, 0.15) is 6.54 Å². The van der Waals surface area contributed by atoms with Gasteiger partial charge in [0.2, 0.25) is 11.8 Å². The second kappa shape index (κ2) is 7.57. The van der Waals surface area contributed by atoms with Crippen molar-refractivity contribution in [3.8, 4) is 12.1 Å². The SMILES string of the molecule is CC(=O)N(CC(=O)Nc1cccc(C#N)c1)c1ccc(C#N)cc1. The Labute approximate surface area is 139 Å². The summed E-state index contributed by atoms with van der Waals surface area (Å²) < 4.78 is 0. The van der Waals surface area contributed by atoms with E-state index < -0.39 is 0 Å². The zero-order valence-electron chi connectivity index (χ0n) is 13.0. The largest absolute Gasteiger partial charge is 0.324 e. The van der Waals surface area contributed by atoms with Crippen molar-refractivity contribution in [2.24, 2.45) is 0 Å². The van der Waals surface area contributed by atoms with Crippen LogP contribution in [0.3, 0.4) is 0 Å². The highest BCUT2D eigenvalue weighted by molar-refractivity contribution is 6.01. The van der Waals surface area contributed by atoms with E-state index in [0.717, 1.165) is 0 Å². The molecule has 0 aliphatic heterocycles. The fraction of sp³-hybridized carbons (Fsp3) is 0.111. The Bertz CT molecular complexity index is 845. The molecule has 0 aromatic heterocycles. The standard InChI is InChI=1S/C18H14N4O2/c1-13(23)22(17-7-5-14(10-19)6-8-17)12-18(24)21-16-4-2-3-15(9-16)11-20/h2-9H,12H2,1H3,(H,21,24). The molecular formula is C18H14N4O2. The fourth-order valence-electron chi connectivity index (χ4n) is 2.11. The Balaban J connectivity index is 2.12. The number of hydrogen-bond donors (Lipinski definition) is 1. The lowest BCUT2D eigenvalue weighted by molar-refractivity contribution is -0.120. The second-order valence-corrected chi connectivity index (χ2v) is 5.00. The molecule has 2 aromatic carbocycles. The Hall–Kier alpha value is -3.64. The van der Waals surface area contributed by atoms with E-state index in [1.165, 1.54) is 11.8 Å². The molecule has 0 saturated heterocycles. The maximum absolute atomic E-state index is 12.2. The Morgan fingerprint density at radius 1 is 1.04 bits per heavy atom. The maximum Gasteiger partial charge on any atom is 0.244 e. The van der Waals surface area contributed by atoms with Crippen molar-refractivity contribution in [3.63, 3.8) is 0 Å². The first-order valence-corrected chi connectivity index (χ1v) is 7.12. The predicted molar refractivity (Wildman–Crippen MR) is 89.0 cm³/mol. The molecule has 2 amide bonds. The molecule has 0 spiro atoms. The molecule has 118 valence electrons. The lowest BCUT2D eigenvalue weighted by atomic mass is 10.2. The van der Waals surface area contributed by atoms with Crippen LogP contribution in [0.2, 0.25) is 0 Å². The molecule has 1 N–H and O–H groups in total. The van der Waals surface area contributed by atoms with Crippen LogP contribution >= 0.6 is 0 Å². The summed E-state index contributed by atoms with van der Waals surface area (Å²) in [6.07, 6.45) is 0. The summed E-state index contributed by atoms with van der Waals surface area (Å²) in [6.45, 7) is 1.19. The molecule has 2 aromatic rings. The summed E-state index contributed by atoms with van der Waals surface area (Å²) in [7, 11) is 0. The molecule has 6 nitrogen and oxygen atoms in total. The van der Waals surface area contributed by atoms with E-state index in [-0.39, 0.29) is 18.4 Å². The van der Waals surface area contributed by atoms with Gasteiger partial charge in [-0.2, -0.15) is 10.5 Å². The number of benzene rings is 2. The van der Waals surface area contributed by atoms with Crippen LogP contribution in [0.5, 0.6) is 0 Å². The average Bonchev–Trinajstić information content (AvgIpc) is 2.59. The number of hydrogen-bond acceptors (Lipinski definition) is 4. The van der Waals surface area contributed by atoms with Gasteiger partial charge in [0.15, 0.2) is 0 Å². The van der Waals surface area contributed by atoms with E-state index in [0.29, 0.717) is 22.5 Å². The van der Waals surface area contributed by atoms with Gasteiger partial charge in [0.25, 0.3) is 0 Å². The highest BCUT2D eigenvalue weighted by atomic mass is 16.2. The van der Waals surface area contributed by atoms with Crippen LogP contribution in [0.1, 0.15) is 18.1 Å².